The molecule has 0 aliphatic rings. The number of nitriles is 2. The maximum atomic E-state index is 12.0. The van der Waals surface area contributed by atoms with Crippen molar-refractivity contribution in [3.63, 3.8) is 0 Å². The highest BCUT2D eigenvalue weighted by molar-refractivity contribution is 6.30. The van der Waals surface area contributed by atoms with Gasteiger partial charge in [-0.3, -0.25) is 9.36 Å². The van der Waals surface area contributed by atoms with E-state index in [4.69, 9.17) is 16.9 Å². The van der Waals surface area contributed by atoms with Crippen molar-refractivity contribution in [1.82, 2.24) is 19.5 Å². The van der Waals surface area contributed by atoms with Gasteiger partial charge in [0, 0.05) is 43.2 Å². The van der Waals surface area contributed by atoms with E-state index in [1.54, 1.807) is 36.7 Å². The number of imidazole rings is 1. The van der Waals surface area contributed by atoms with E-state index in [-0.39, 0.29) is 5.56 Å². The highest BCUT2D eigenvalue weighted by Gasteiger charge is 2.08. The average Bonchev–Trinajstić information content (AvgIpc) is 3.22. The molecule has 0 spiro atoms. The molecule has 0 aliphatic carbocycles. The predicted octanol–water partition coefficient (Wildman–Crippen LogP) is 3.53. The van der Waals surface area contributed by atoms with Gasteiger partial charge in [0.2, 0.25) is 0 Å². The van der Waals surface area contributed by atoms with Gasteiger partial charge in [-0.25, -0.2) is 9.97 Å². The van der Waals surface area contributed by atoms with Crippen molar-refractivity contribution < 1.29 is 0 Å². The molecule has 1 aromatic carbocycles. The Labute approximate surface area is 182 Å². The molecule has 0 bridgehead atoms. The van der Waals surface area contributed by atoms with Gasteiger partial charge in [0.05, 0.1) is 16.1 Å². The largest absolute Gasteiger partial charge is 0.345 e. The minimum Gasteiger partial charge on any atom is -0.345 e. The van der Waals surface area contributed by atoms with Crippen LogP contribution in [0.15, 0.2) is 65.8 Å². The molecule has 7 nitrogen and oxygen atoms in total. The zero-order chi connectivity index (χ0) is 21.8. The molecule has 31 heavy (non-hydrogen) atoms. The second-order valence-electron chi connectivity index (χ2n) is 6.89. The molecular formula is C23H15ClN6O. The third-order valence-corrected chi connectivity index (χ3v) is 4.93. The van der Waals surface area contributed by atoms with Crippen molar-refractivity contribution in [3.8, 4) is 18.0 Å². The van der Waals surface area contributed by atoms with E-state index >= 15 is 0 Å². The van der Waals surface area contributed by atoms with Crippen LogP contribution in [0.3, 0.4) is 0 Å². The van der Waals surface area contributed by atoms with Gasteiger partial charge in [-0.2, -0.15) is 10.5 Å². The lowest BCUT2D eigenvalue weighted by Crippen LogP contribution is -2.17. The van der Waals surface area contributed by atoms with Gasteiger partial charge in [0.25, 0.3) is 5.56 Å². The molecule has 0 unspecified atom stereocenters. The molecule has 0 fully saturated rings. The second kappa shape index (κ2) is 8.66. The quantitative estimate of drug-likeness (QED) is 0.524. The van der Waals surface area contributed by atoms with E-state index < -0.39 is 0 Å². The van der Waals surface area contributed by atoms with Crippen LogP contribution < -0.4 is 5.56 Å². The Hall–Kier alpha value is -4.20. The molecule has 0 saturated heterocycles. The lowest BCUT2D eigenvalue weighted by molar-refractivity contribution is 0.931. The summed E-state index contributed by atoms with van der Waals surface area (Å²) in [6.45, 7) is 0. The van der Waals surface area contributed by atoms with Crippen LogP contribution in [0.25, 0.3) is 5.82 Å². The molecule has 0 aliphatic heterocycles. The van der Waals surface area contributed by atoms with Crippen LogP contribution >= 0.6 is 11.6 Å². The number of halogens is 1. The van der Waals surface area contributed by atoms with Gasteiger partial charge in [-0.15, -0.1) is 0 Å². The molecule has 150 valence electrons. The first kappa shape index (κ1) is 20.1. The number of pyridine rings is 2. The molecule has 4 aromatic rings. The molecule has 4 rings (SSSR count). The Balaban J connectivity index is 1.47. The van der Waals surface area contributed by atoms with Crippen molar-refractivity contribution in [2.24, 2.45) is 0 Å². The van der Waals surface area contributed by atoms with Crippen LogP contribution in [0.1, 0.15) is 33.8 Å². The second-order valence-corrected chi connectivity index (χ2v) is 7.33. The van der Waals surface area contributed by atoms with Gasteiger partial charge in [-0.1, -0.05) is 23.7 Å². The number of aromatic amines is 1. The number of aromatic nitrogens is 4. The monoisotopic (exact) mass is 426 g/mol. The Morgan fingerprint density at radius 1 is 0.935 bits per heavy atom. The van der Waals surface area contributed by atoms with Crippen LogP contribution in [-0.2, 0) is 12.8 Å². The first-order chi connectivity index (χ1) is 15.1. The fourth-order valence-electron chi connectivity index (χ4n) is 3.19. The molecule has 3 aromatic heterocycles. The highest BCUT2D eigenvalue weighted by atomic mass is 35.5. The number of hydrogen-bond acceptors (Lipinski definition) is 5. The minimum absolute atomic E-state index is 0.204. The summed E-state index contributed by atoms with van der Waals surface area (Å²) in [7, 11) is 0. The molecule has 1 N–H and O–H groups in total. The summed E-state index contributed by atoms with van der Waals surface area (Å²) in [5, 5.41) is 18.7. The lowest BCUT2D eigenvalue weighted by atomic mass is 10.0. The molecule has 0 amide bonds. The average molecular weight is 427 g/mol. The van der Waals surface area contributed by atoms with Gasteiger partial charge in [0.15, 0.2) is 0 Å². The normalized spacial score (nSPS) is 10.4. The summed E-state index contributed by atoms with van der Waals surface area (Å²) >= 11 is 5.97. The fourth-order valence-corrected chi connectivity index (χ4v) is 3.35. The summed E-state index contributed by atoms with van der Waals surface area (Å²) in [6, 6.07) is 15.8. The van der Waals surface area contributed by atoms with Gasteiger partial charge in [0.1, 0.15) is 23.8 Å². The number of rotatable bonds is 5. The van der Waals surface area contributed by atoms with E-state index in [2.05, 4.69) is 15.0 Å². The molecule has 0 atom stereocenters. The van der Waals surface area contributed by atoms with Crippen molar-refractivity contribution in [3.05, 3.63) is 110 Å². The molecule has 3 heterocycles. The summed E-state index contributed by atoms with van der Waals surface area (Å²) < 4.78 is 1.40. The summed E-state index contributed by atoms with van der Waals surface area (Å²) in [5.74, 6) is 1.26. The van der Waals surface area contributed by atoms with Crippen LogP contribution in [0.4, 0.5) is 0 Å². The predicted molar refractivity (Wildman–Crippen MR) is 115 cm³/mol. The van der Waals surface area contributed by atoms with Crippen molar-refractivity contribution >= 4 is 11.6 Å². The highest BCUT2D eigenvalue weighted by Crippen LogP contribution is 2.15. The minimum atomic E-state index is -0.204. The smallest absolute Gasteiger partial charge is 0.256 e. The number of nitrogens with zero attached hydrogens (tertiary/aromatic N) is 5. The Morgan fingerprint density at radius 2 is 1.74 bits per heavy atom. The maximum absolute atomic E-state index is 12.0. The van der Waals surface area contributed by atoms with Gasteiger partial charge in [-0.05, 0) is 35.4 Å². The molecule has 0 radical (unpaired) electrons. The zero-order valence-electron chi connectivity index (χ0n) is 16.2. The summed E-state index contributed by atoms with van der Waals surface area (Å²) in [6.07, 6.45) is 6.13. The van der Waals surface area contributed by atoms with Gasteiger partial charge >= 0.3 is 0 Å². The number of benzene rings is 1. The number of hydrogen-bond donors (Lipinski definition) is 1. The van der Waals surface area contributed by atoms with Crippen LogP contribution in [0, 0.1) is 22.7 Å². The SMILES string of the molecule is N#Cc1ccc(Cc2ncc(Cc3ccc(-n4cc(Cl)ccc4=O)nc3)[nH]2)cc1C#N. The van der Waals surface area contributed by atoms with E-state index in [0.717, 1.165) is 22.6 Å². The number of H-pyrrole nitrogens is 1. The third kappa shape index (κ3) is 4.53. The van der Waals surface area contributed by atoms with Crippen molar-refractivity contribution in [2.45, 2.75) is 12.8 Å². The summed E-state index contributed by atoms with van der Waals surface area (Å²) in [5.41, 5.74) is 3.29. The van der Waals surface area contributed by atoms with E-state index in [0.29, 0.717) is 34.8 Å². The molecular weight excluding hydrogens is 412 g/mol. The molecule has 0 saturated carbocycles. The van der Waals surface area contributed by atoms with Crippen LogP contribution in [0.2, 0.25) is 5.02 Å². The first-order valence-corrected chi connectivity index (χ1v) is 9.73. The van der Waals surface area contributed by atoms with Crippen molar-refractivity contribution in [1.29, 1.82) is 10.5 Å². The van der Waals surface area contributed by atoms with Crippen molar-refractivity contribution in [2.75, 3.05) is 0 Å². The van der Waals surface area contributed by atoms with E-state index in [9.17, 15) is 10.1 Å². The Bertz CT molecular complexity index is 1390. The Kier molecular flexibility index (Phi) is 5.61. The third-order valence-electron chi connectivity index (χ3n) is 4.70. The zero-order valence-corrected chi connectivity index (χ0v) is 17.0. The summed E-state index contributed by atoms with van der Waals surface area (Å²) in [4.78, 5) is 24.1. The van der Waals surface area contributed by atoms with Gasteiger partial charge < -0.3 is 4.98 Å². The lowest BCUT2D eigenvalue weighted by Gasteiger charge is -2.06. The van der Waals surface area contributed by atoms with E-state index in [1.165, 1.54) is 16.8 Å². The van der Waals surface area contributed by atoms with Crippen LogP contribution in [-0.4, -0.2) is 19.5 Å². The standard InChI is InChI=1S/C23H15ClN6O/c24-19-4-6-23(31)30(14-19)22-5-2-16(12-28-22)8-20-13-27-21(29-20)9-15-1-3-17(10-25)18(7-15)11-26/h1-7,12-14H,8-9H2,(H,27,29). The Morgan fingerprint density at radius 3 is 2.48 bits per heavy atom. The fraction of sp³-hybridized carbons (Fsp3) is 0.0870. The first-order valence-electron chi connectivity index (χ1n) is 9.35. The maximum Gasteiger partial charge on any atom is 0.256 e. The molecule has 8 heteroatoms. The van der Waals surface area contributed by atoms with E-state index in [1.807, 2.05) is 24.3 Å². The van der Waals surface area contributed by atoms with Crippen LogP contribution in [0.5, 0.6) is 0 Å². The number of nitrogens with one attached hydrogen (secondary N) is 1. The topological polar surface area (TPSA) is 111 Å².